The number of nitrogens with zero attached hydrogens (tertiary/aromatic N) is 1. The van der Waals surface area contributed by atoms with Gasteiger partial charge < -0.3 is 4.74 Å². The van der Waals surface area contributed by atoms with Gasteiger partial charge in [-0.3, -0.25) is 4.99 Å². The first-order valence-electron chi connectivity index (χ1n) is 5.24. The molecule has 0 amide bonds. The molecule has 0 fully saturated rings. The maximum Gasteiger partial charge on any atom is 0.341 e. The van der Waals surface area contributed by atoms with Crippen molar-refractivity contribution in [2.45, 2.75) is 39.5 Å². The predicted molar refractivity (Wildman–Crippen MR) is 56.3 cm³/mol. The van der Waals surface area contributed by atoms with Crippen molar-refractivity contribution >= 4 is 11.9 Å². The standard InChI is InChI=1S/C9H11NO2.C2H6/c1-10-8-6-4-2-3-5-7(6)9(11)12-8;1-2/h2-5H2,1H3;1-2H3. The van der Waals surface area contributed by atoms with Gasteiger partial charge in [-0.2, -0.15) is 0 Å². The molecule has 78 valence electrons. The van der Waals surface area contributed by atoms with E-state index in [1.807, 2.05) is 13.8 Å². The summed E-state index contributed by atoms with van der Waals surface area (Å²) in [6.07, 6.45) is 4.07. The van der Waals surface area contributed by atoms with Gasteiger partial charge in [0.15, 0.2) is 0 Å². The van der Waals surface area contributed by atoms with E-state index in [0.717, 1.165) is 36.8 Å². The number of ether oxygens (including phenoxy) is 1. The summed E-state index contributed by atoms with van der Waals surface area (Å²) >= 11 is 0. The van der Waals surface area contributed by atoms with Crippen LogP contribution in [-0.4, -0.2) is 18.9 Å². The highest BCUT2D eigenvalue weighted by Crippen LogP contribution is 2.31. The summed E-state index contributed by atoms with van der Waals surface area (Å²) in [6, 6.07) is 0. The molecular weight excluding hydrogens is 178 g/mol. The predicted octanol–water partition coefficient (Wildman–Crippen LogP) is 2.47. The third-order valence-corrected chi connectivity index (χ3v) is 2.36. The number of carbonyl (C=O) groups excluding carboxylic acids is 1. The molecule has 0 N–H and O–H groups in total. The number of carbonyl (C=O) groups is 1. The molecule has 0 aromatic carbocycles. The average Bonchev–Trinajstić information content (AvgIpc) is 2.59. The molecule has 0 saturated carbocycles. The van der Waals surface area contributed by atoms with E-state index in [-0.39, 0.29) is 5.97 Å². The van der Waals surface area contributed by atoms with Gasteiger partial charge in [0, 0.05) is 18.2 Å². The van der Waals surface area contributed by atoms with E-state index in [0.29, 0.717) is 5.90 Å². The summed E-state index contributed by atoms with van der Waals surface area (Å²) in [6.45, 7) is 4.00. The summed E-state index contributed by atoms with van der Waals surface area (Å²) in [5.74, 6) is 0.375. The van der Waals surface area contributed by atoms with Gasteiger partial charge in [0.05, 0.1) is 0 Å². The SMILES string of the molecule is CC.CN=C1OC(=O)C2=C1CCCC2. The minimum Gasteiger partial charge on any atom is -0.404 e. The summed E-state index contributed by atoms with van der Waals surface area (Å²) in [7, 11) is 1.66. The first kappa shape index (κ1) is 11.0. The smallest absolute Gasteiger partial charge is 0.341 e. The Hall–Kier alpha value is -1.12. The Morgan fingerprint density at radius 2 is 1.71 bits per heavy atom. The minimum atomic E-state index is -0.176. The lowest BCUT2D eigenvalue weighted by molar-refractivity contribution is -0.130. The van der Waals surface area contributed by atoms with Crippen LogP contribution >= 0.6 is 0 Å². The molecule has 0 bridgehead atoms. The van der Waals surface area contributed by atoms with Crippen molar-refractivity contribution in [1.82, 2.24) is 0 Å². The van der Waals surface area contributed by atoms with Crippen molar-refractivity contribution in [1.29, 1.82) is 0 Å². The van der Waals surface area contributed by atoms with E-state index in [1.54, 1.807) is 7.05 Å². The first-order chi connectivity index (χ1) is 6.83. The number of rotatable bonds is 0. The lowest BCUT2D eigenvalue weighted by atomic mass is 9.93. The summed E-state index contributed by atoms with van der Waals surface area (Å²) in [5, 5.41) is 0. The van der Waals surface area contributed by atoms with Gasteiger partial charge >= 0.3 is 5.97 Å². The molecular formula is C11H17NO2. The highest BCUT2D eigenvalue weighted by Gasteiger charge is 2.31. The molecule has 0 aromatic rings. The van der Waals surface area contributed by atoms with Gasteiger partial charge in [0.2, 0.25) is 5.90 Å². The monoisotopic (exact) mass is 195 g/mol. The van der Waals surface area contributed by atoms with Crippen LogP contribution in [0.4, 0.5) is 0 Å². The molecule has 3 heteroatoms. The molecule has 0 atom stereocenters. The Morgan fingerprint density at radius 1 is 1.14 bits per heavy atom. The molecule has 1 aliphatic heterocycles. The highest BCUT2D eigenvalue weighted by atomic mass is 16.5. The molecule has 0 radical (unpaired) electrons. The minimum absolute atomic E-state index is 0.176. The quantitative estimate of drug-likeness (QED) is 0.557. The number of cyclic esters (lactones) is 1. The van der Waals surface area contributed by atoms with Gasteiger partial charge in [-0.05, 0) is 25.7 Å². The Balaban J connectivity index is 0.000000461. The van der Waals surface area contributed by atoms with E-state index in [1.165, 1.54) is 0 Å². The fraction of sp³-hybridized carbons (Fsp3) is 0.636. The molecule has 2 rings (SSSR count). The molecule has 1 heterocycles. The number of aliphatic imine (C=N–C) groups is 1. The van der Waals surface area contributed by atoms with Crippen molar-refractivity contribution < 1.29 is 9.53 Å². The van der Waals surface area contributed by atoms with Crippen LogP contribution in [0.2, 0.25) is 0 Å². The zero-order chi connectivity index (χ0) is 10.6. The topological polar surface area (TPSA) is 38.7 Å². The molecule has 14 heavy (non-hydrogen) atoms. The Bertz CT molecular complexity index is 290. The van der Waals surface area contributed by atoms with E-state index in [9.17, 15) is 4.79 Å². The van der Waals surface area contributed by atoms with Crippen LogP contribution in [0, 0.1) is 0 Å². The lowest BCUT2D eigenvalue weighted by Crippen LogP contribution is -2.02. The van der Waals surface area contributed by atoms with Crippen LogP contribution in [0.25, 0.3) is 0 Å². The van der Waals surface area contributed by atoms with Crippen molar-refractivity contribution in [2.24, 2.45) is 4.99 Å². The zero-order valence-corrected chi connectivity index (χ0v) is 9.09. The summed E-state index contributed by atoms with van der Waals surface area (Å²) in [4.78, 5) is 15.2. The third-order valence-electron chi connectivity index (χ3n) is 2.36. The Labute approximate surface area is 84.9 Å². The summed E-state index contributed by atoms with van der Waals surface area (Å²) < 4.78 is 4.99. The number of hydrogen-bond acceptors (Lipinski definition) is 3. The van der Waals surface area contributed by atoms with E-state index in [2.05, 4.69) is 4.99 Å². The highest BCUT2D eigenvalue weighted by molar-refractivity contribution is 6.14. The van der Waals surface area contributed by atoms with Crippen LogP contribution < -0.4 is 0 Å². The van der Waals surface area contributed by atoms with Crippen LogP contribution in [0.15, 0.2) is 16.1 Å². The van der Waals surface area contributed by atoms with Crippen LogP contribution in [0.1, 0.15) is 39.5 Å². The van der Waals surface area contributed by atoms with Gasteiger partial charge in [0.25, 0.3) is 0 Å². The second kappa shape index (κ2) is 4.94. The Morgan fingerprint density at radius 3 is 2.29 bits per heavy atom. The molecule has 2 aliphatic rings. The van der Waals surface area contributed by atoms with E-state index < -0.39 is 0 Å². The molecule has 1 aliphatic carbocycles. The second-order valence-corrected chi connectivity index (χ2v) is 3.08. The van der Waals surface area contributed by atoms with Gasteiger partial charge in [-0.1, -0.05) is 13.8 Å². The largest absolute Gasteiger partial charge is 0.404 e. The molecule has 0 spiro atoms. The summed E-state index contributed by atoms with van der Waals surface area (Å²) in [5.41, 5.74) is 1.91. The van der Waals surface area contributed by atoms with Crippen LogP contribution in [0.3, 0.4) is 0 Å². The van der Waals surface area contributed by atoms with Gasteiger partial charge in [0.1, 0.15) is 0 Å². The van der Waals surface area contributed by atoms with Crippen molar-refractivity contribution in [2.75, 3.05) is 7.05 Å². The van der Waals surface area contributed by atoms with E-state index in [4.69, 9.17) is 4.74 Å². The normalized spacial score (nSPS) is 22.8. The Kier molecular flexibility index (Phi) is 3.86. The second-order valence-electron chi connectivity index (χ2n) is 3.08. The number of esters is 1. The van der Waals surface area contributed by atoms with Crippen molar-refractivity contribution in [3.8, 4) is 0 Å². The fourth-order valence-electron chi connectivity index (χ4n) is 1.76. The third kappa shape index (κ3) is 1.86. The van der Waals surface area contributed by atoms with Gasteiger partial charge in [-0.15, -0.1) is 0 Å². The molecule has 0 unspecified atom stereocenters. The van der Waals surface area contributed by atoms with Crippen LogP contribution in [0.5, 0.6) is 0 Å². The maximum atomic E-state index is 11.2. The molecule has 0 saturated heterocycles. The molecule has 0 aromatic heterocycles. The van der Waals surface area contributed by atoms with Crippen LogP contribution in [-0.2, 0) is 9.53 Å². The zero-order valence-electron chi connectivity index (χ0n) is 9.09. The van der Waals surface area contributed by atoms with Crippen molar-refractivity contribution in [3.63, 3.8) is 0 Å². The lowest BCUT2D eigenvalue weighted by Gasteiger charge is -2.08. The van der Waals surface area contributed by atoms with Crippen molar-refractivity contribution in [3.05, 3.63) is 11.1 Å². The maximum absolute atomic E-state index is 11.2. The van der Waals surface area contributed by atoms with Gasteiger partial charge in [-0.25, -0.2) is 4.79 Å². The fourth-order valence-corrected chi connectivity index (χ4v) is 1.76. The molecule has 3 nitrogen and oxygen atoms in total. The average molecular weight is 195 g/mol. The van der Waals surface area contributed by atoms with E-state index >= 15 is 0 Å². The number of hydrogen-bond donors (Lipinski definition) is 0. The first-order valence-corrected chi connectivity index (χ1v) is 5.24.